The first-order chi connectivity index (χ1) is 5.39. The molecule has 11 heavy (non-hydrogen) atoms. The van der Waals surface area contributed by atoms with Gasteiger partial charge in [-0.15, -0.1) is 0 Å². The Labute approximate surface area is 66.8 Å². The molecule has 0 bridgehead atoms. The van der Waals surface area contributed by atoms with E-state index in [1.54, 1.807) is 0 Å². The Hall–Kier alpha value is -1.50. The lowest BCUT2D eigenvalue weighted by atomic mass is 10.4. The van der Waals surface area contributed by atoms with E-state index in [2.05, 4.69) is 11.6 Å². The average Bonchev–Trinajstić information content (AvgIpc) is 2.57. The van der Waals surface area contributed by atoms with E-state index >= 15 is 0 Å². The predicted octanol–water partition coefficient (Wildman–Crippen LogP) is 2.68. The van der Waals surface area contributed by atoms with E-state index in [0.717, 1.165) is 5.57 Å². The van der Waals surface area contributed by atoms with Crippen molar-refractivity contribution in [3.63, 3.8) is 0 Å². The Morgan fingerprint density at radius 2 is 1.55 bits per heavy atom. The molecule has 0 unspecified atom stereocenters. The summed E-state index contributed by atoms with van der Waals surface area (Å²) in [5.41, 5.74) is 1.09. The SMILES string of the molecule is C=C1C=CC=C1.c1cc[nH]c1. The van der Waals surface area contributed by atoms with Gasteiger partial charge >= 0.3 is 0 Å². The number of allylic oxidation sites excluding steroid dienone is 5. The van der Waals surface area contributed by atoms with E-state index in [1.807, 2.05) is 48.8 Å². The summed E-state index contributed by atoms with van der Waals surface area (Å²) in [5, 5.41) is 0. The molecule has 2 rings (SSSR count). The minimum atomic E-state index is 1.09. The van der Waals surface area contributed by atoms with Gasteiger partial charge in [0.15, 0.2) is 0 Å². The molecule has 0 aliphatic heterocycles. The summed E-state index contributed by atoms with van der Waals surface area (Å²) in [5.74, 6) is 0. The molecule has 0 atom stereocenters. The molecule has 0 saturated heterocycles. The normalized spacial score (nSPS) is 12.9. The van der Waals surface area contributed by atoms with Crippen LogP contribution in [-0.4, -0.2) is 4.98 Å². The molecular weight excluding hydrogens is 134 g/mol. The molecule has 0 saturated carbocycles. The zero-order chi connectivity index (χ0) is 7.94. The van der Waals surface area contributed by atoms with E-state index in [1.165, 1.54) is 0 Å². The zero-order valence-corrected chi connectivity index (χ0v) is 6.33. The van der Waals surface area contributed by atoms with Gasteiger partial charge in [-0.3, -0.25) is 0 Å². The van der Waals surface area contributed by atoms with Crippen LogP contribution in [0.25, 0.3) is 0 Å². The van der Waals surface area contributed by atoms with E-state index in [9.17, 15) is 0 Å². The molecule has 0 amide bonds. The van der Waals surface area contributed by atoms with Crippen LogP contribution in [0, 0.1) is 0 Å². The van der Waals surface area contributed by atoms with Crippen LogP contribution in [0.5, 0.6) is 0 Å². The maximum absolute atomic E-state index is 3.68. The minimum absolute atomic E-state index is 1.09. The smallest absolute Gasteiger partial charge is 0.000496 e. The summed E-state index contributed by atoms with van der Waals surface area (Å²) in [7, 11) is 0. The summed E-state index contributed by atoms with van der Waals surface area (Å²) >= 11 is 0. The summed E-state index contributed by atoms with van der Waals surface area (Å²) in [6.45, 7) is 3.68. The molecule has 56 valence electrons. The largest absolute Gasteiger partial charge is 0.368 e. The molecule has 0 aromatic carbocycles. The Morgan fingerprint density at radius 3 is 1.73 bits per heavy atom. The van der Waals surface area contributed by atoms with Crippen molar-refractivity contribution >= 4 is 0 Å². The highest BCUT2D eigenvalue weighted by atomic mass is 14.6. The van der Waals surface area contributed by atoms with Crippen molar-refractivity contribution in [3.05, 3.63) is 61.0 Å². The van der Waals surface area contributed by atoms with E-state index in [0.29, 0.717) is 0 Å². The topological polar surface area (TPSA) is 15.8 Å². The van der Waals surface area contributed by atoms with Crippen molar-refractivity contribution in [2.75, 3.05) is 0 Å². The van der Waals surface area contributed by atoms with E-state index in [-0.39, 0.29) is 0 Å². The predicted molar refractivity (Wildman–Crippen MR) is 48.2 cm³/mol. The molecule has 1 aliphatic rings. The van der Waals surface area contributed by atoms with Gasteiger partial charge in [0.05, 0.1) is 0 Å². The second-order valence-electron chi connectivity index (χ2n) is 2.18. The van der Waals surface area contributed by atoms with Crippen molar-refractivity contribution in [2.24, 2.45) is 0 Å². The van der Waals surface area contributed by atoms with Crippen molar-refractivity contribution in [1.82, 2.24) is 4.98 Å². The highest BCUT2D eigenvalue weighted by Crippen LogP contribution is 2.01. The first kappa shape index (κ1) is 7.61. The van der Waals surface area contributed by atoms with Crippen LogP contribution in [0.1, 0.15) is 0 Å². The molecule has 1 heterocycles. The monoisotopic (exact) mass is 145 g/mol. The number of aromatic nitrogens is 1. The van der Waals surface area contributed by atoms with Crippen LogP contribution >= 0.6 is 0 Å². The Bertz CT molecular complexity index is 221. The maximum Gasteiger partial charge on any atom is 0.000496 e. The summed E-state index contributed by atoms with van der Waals surface area (Å²) < 4.78 is 0. The number of hydrogen-bond donors (Lipinski definition) is 1. The third-order valence-electron chi connectivity index (χ3n) is 1.23. The highest BCUT2D eigenvalue weighted by Gasteiger charge is 1.80. The van der Waals surface area contributed by atoms with Crippen LogP contribution < -0.4 is 0 Å². The lowest BCUT2D eigenvalue weighted by Gasteiger charge is -1.71. The Kier molecular flexibility index (Phi) is 3.00. The molecular formula is C10H11N. The number of H-pyrrole nitrogens is 1. The third-order valence-corrected chi connectivity index (χ3v) is 1.23. The first-order valence-electron chi connectivity index (χ1n) is 3.51. The minimum Gasteiger partial charge on any atom is -0.368 e. The molecule has 1 aromatic heterocycles. The van der Waals surface area contributed by atoms with Crippen LogP contribution in [0.15, 0.2) is 61.0 Å². The van der Waals surface area contributed by atoms with Crippen molar-refractivity contribution in [2.45, 2.75) is 0 Å². The second kappa shape index (κ2) is 4.34. The number of nitrogens with one attached hydrogen (secondary N) is 1. The van der Waals surface area contributed by atoms with E-state index in [4.69, 9.17) is 0 Å². The van der Waals surface area contributed by atoms with Gasteiger partial charge in [0, 0.05) is 12.4 Å². The van der Waals surface area contributed by atoms with Gasteiger partial charge in [-0.2, -0.15) is 0 Å². The zero-order valence-electron chi connectivity index (χ0n) is 6.33. The standard InChI is InChI=1S/C6H6.C4H5N/c1-6-4-2-3-5-6;1-2-4-5-3-1/h2-5H,1H2;1-5H. The van der Waals surface area contributed by atoms with Crippen LogP contribution in [0.4, 0.5) is 0 Å². The Morgan fingerprint density at radius 1 is 1.00 bits per heavy atom. The molecule has 0 radical (unpaired) electrons. The molecule has 1 nitrogen and oxygen atoms in total. The first-order valence-corrected chi connectivity index (χ1v) is 3.51. The maximum atomic E-state index is 3.68. The third kappa shape index (κ3) is 3.26. The second-order valence-corrected chi connectivity index (χ2v) is 2.18. The van der Waals surface area contributed by atoms with Crippen LogP contribution in [-0.2, 0) is 0 Å². The Balaban J connectivity index is 0.000000112. The quantitative estimate of drug-likeness (QED) is 0.577. The molecule has 1 heteroatoms. The number of aromatic amines is 1. The number of rotatable bonds is 0. The summed E-state index contributed by atoms with van der Waals surface area (Å²) in [4.78, 5) is 2.86. The van der Waals surface area contributed by atoms with E-state index < -0.39 is 0 Å². The number of hydrogen-bond acceptors (Lipinski definition) is 0. The molecule has 0 fully saturated rings. The molecule has 0 spiro atoms. The average molecular weight is 145 g/mol. The fourth-order valence-corrected chi connectivity index (χ4v) is 0.692. The van der Waals surface area contributed by atoms with Crippen molar-refractivity contribution in [1.29, 1.82) is 0 Å². The van der Waals surface area contributed by atoms with Gasteiger partial charge in [0.2, 0.25) is 0 Å². The summed E-state index contributed by atoms with van der Waals surface area (Å²) in [6, 6.07) is 3.89. The van der Waals surface area contributed by atoms with Crippen LogP contribution in [0.3, 0.4) is 0 Å². The fourth-order valence-electron chi connectivity index (χ4n) is 0.692. The van der Waals surface area contributed by atoms with Gasteiger partial charge < -0.3 is 4.98 Å². The van der Waals surface area contributed by atoms with Gasteiger partial charge in [0.1, 0.15) is 0 Å². The van der Waals surface area contributed by atoms with Crippen molar-refractivity contribution in [3.8, 4) is 0 Å². The van der Waals surface area contributed by atoms with Gasteiger partial charge in [0.25, 0.3) is 0 Å². The highest BCUT2D eigenvalue weighted by molar-refractivity contribution is 5.37. The van der Waals surface area contributed by atoms with Gasteiger partial charge in [-0.25, -0.2) is 0 Å². The molecule has 1 N–H and O–H groups in total. The van der Waals surface area contributed by atoms with Crippen LogP contribution in [0.2, 0.25) is 0 Å². The summed E-state index contributed by atoms with van der Waals surface area (Å²) in [6.07, 6.45) is 11.6. The lowest BCUT2D eigenvalue weighted by molar-refractivity contribution is 1.42. The fraction of sp³-hybridized carbons (Fsp3) is 0. The lowest BCUT2D eigenvalue weighted by Crippen LogP contribution is -1.50. The van der Waals surface area contributed by atoms with Gasteiger partial charge in [-0.1, -0.05) is 30.9 Å². The van der Waals surface area contributed by atoms with Crippen molar-refractivity contribution < 1.29 is 0 Å². The molecule has 1 aliphatic carbocycles. The van der Waals surface area contributed by atoms with Gasteiger partial charge in [-0.05, 0) is 17.7 Å². The molecule has 1 aromatic rings.